The molecule has 0 radical (unpaired) electrons. The van der Waals surface area contributed by atoms with Gasteiger partial charge in [0.2, 0.25) is 0 Å². The van der Waals surface area contributed by atoms with Gasteiger partial charge in [0.05, 0.1) is 17.2 Å². The summed E-state index contributed by atoms with van der Waals surface area (Å²) >= 11 is 0. The van der Waals surface area contributed by atoms with Gasteiger partial charge in [-0.25, -0.2) is 13.1 Å². The van der Waals surface area contributed by atoms with Crippen molar-refractivity contribution >= 4 is 27.4 Å². The predicted molar refractivity (Wildman–Crippen MR) is 111 cm³/mol. The number of hydrogen-bond acceptors (Lipinski definition) is 7. The van der Waals surface area contributed by atoms with Gasteiger partial charge in [-0.3, -0.25) is 9.52 Å². The van der Waals surface area contributed by atoms with Crippen LogP contribution in [0.25, 0.3) is 5.69 Å². The minimum atomic E-state index is -3.94. The zero-order valence-corrected chi connectivity index (χ0v) is 16.9. The van der Waals surface area contributed by atoms with Gasteiger partial charge < -0.3 is 20.2 Å². The van der Waals surface area contributed by atoms with Crippen molar-refractivity contribution in [1.82, 2.24) is 9.78 Å². The number of β-lactam (4-membered cyclic amide) rings is 1. The number of anilines is 2. The number of rotatable bonds is 7. The lowest BCUT2D eigenvalue weighted by Gasteiger charge is -2.46. The summed E-state index contributed by atoms with van der Waals surface area (Å²) < 4.78 is 29.3. The van der Waals surface area contributed by atoms with Crippen LogP contribution in [-0.2, 0) is 14.8 Å². The van der Waals surface area contributed by atoms with Gasteiger partial charge in [-0.05, 0) is 36.4 Å². The summed E-state index contributed by atoms with van der Waals surface area (Å²) in [6.07, 6.45) is -1.12. The molecule has 0 bridgehead atoms. The van der Waals surface area contributed by atoms with Gasteiger partial charge in [0.25, 0.3) is 15.9 Å². The van der Waals surface area contributed by atoms with E-state index in [4.69, 9.17) is 5.11 Å². The van der Waals surface area contributed by atoms with Crippen LogP contribution in [0.15, 0.2) is 71.8 Å². The van der Waals surface area contributed by atoms with Gasteiger partial charge in [0, 0.05) is 18.0 Å². The molecular formula is C20H20N4O6S. The summed E-state index contributed by atoms with van der Waals surface area (Å²) in [6.45, 7) is -0.627. The third-order valence-corrected chi connectivity index (χ3v) is 6.34. The third-order valence-electron chi connectivity index (χ3n) is 4.97. The quantitative estimate of drug-likeness (QED) is 0.378. The van der Waals surface area contributed by atoms with Crippen molar-refractivity contribution in [1.29, 1.82) is 0 Å². The molecule has 1 fully saturated rings. The largest absolute Gasteiger partial charge is 0.394 e. The van der Waals surface area contributed by atoms with Crippen molar-refractivity contribution in [3.63, 3.8) is 0 Å². The molecule has 31 heavy (non-hydrogen) atoms. The molecule has 1 amide bonds. The second-order valence-electron chi connectivity index (χ2n) is 6.97. The van der Waals surface area contributed by atoms with Crippen LogP contribution < -0.4 is 9.62 Å². The third kappa shape index (κ3) is 3.91. The van der Waals surface area contributed by atoms with Crippen LogP contribution in [0.4, 0.5) is 11.5 Å². The van der Waals surface area contributed by atoms with Crippen LogP contribution in [-0.4, -0.2) is 64.3 Å². The van der Waals surface area contributed by atoms with E-state index >= 15 is 0 Å². The summed E-state index contributed by atoms with van der Waals surface area (Å²) in [5.74, 6) is -0.502. The van der Waals surface area contributed by atoms with Crippen molar-refractivity contribution in [2.45, 2.75) is 23.1 Å². The molecule has 162 valence electrons. The highest BCUT2D eigenvalue weighted by atomic mass is 32.2. The fourth-order valence-corrected chi connectivity index (χ4v) is 4.37. The average molecular weight is 444 g/mol. The summed E-state index contributed by atoms with van der Waals surface area (Å²) in [4.78, 5) is 13.0. The molecule has 2 unspecified atom stereocenters. The molecule has 4 N–H and O–H groups in total. The normalized spacial score (nSPS) is 19.7. The standard InChI is InChI=1S/C20H20N4O6S/c25-12-16(26)18-19(27)20(28)24(18)14-6-8-15(9-7-14)31(29,30)22-17-10-11-23(21-17)13-4-2-1-3-5-13/h1-11,16,18-19,25-27H,12H2,(H,21,22)/t16-,18?,19?/m1/s1. The first-order valence-corrected chi connectivity index (χ1v) is 10.8. The summed E-state index contributed by atoms with van der Waals surface area (Å²) in [5.41, 5.74) is 1.07. The SMILES string of the molecule is O=C1C(O)C([C@H](O)CO)N1c1ccc(S(=O)(=O)Nc2ccn(-c3ccccc3)n2)cc1. The van der Waals surface area contributed by atoms with Crippen LogP contribution in [0.1, 0.15) is 0 Å². The first-order valence-electron chi connectivity index (χ1n) is 9.36. The molecule has 2 aromatic carbocycles. The van der Waals surface area contributed by atoms with E-state index < -0.39 is 40.8 Å². The molecule has 0 aliphatic carbocycles. The maximum Gasteiger partial charge on any atom is 0.263 e. The fraction of sp³-hybridized carbons (Fsp3) is 0.200. The number of aliphatic hydroxyl groups excluding tert-OH is 3. The number of hydrogen-bond donors (Lipinski definition) is 4. The molecule has 1 aliphatic rings. The molecule has 1 saturated heterocycles. The minimum absolute atomic E-state index is 0.0571. The number of amides is 1. The monoisotopic (exact) mass is 444 g/mol. The van der Waals surface area contributed by atoms with Crippen molar-refractivity contribution < 1.29 is 28.5 Å². The van der Waals surface area contributed by atoms with E-state index in [0.29, 0.717) is 5.69 Å². The van der Waals surface area contributed by atoms with E-state index in [1.165, 1.54) is 35.0 Å². The summed E-state index contributed by atoms with van der Waals surface area (Å²) in [7, 11) is -3.94. The second-order valence-corrected chi connectivity index (χ2v) is 8.66. The Kier molecular flexibility index (Phi) is 5.50. The molecule has 1 aliphatic heterocycles. The predicted octanol–water partition coefficient (Wildman–Crippen LogP) is 0.102. The molecule has 4 rings (SSSR count). The number of para-hydroxylation sites is 1. The first-order chi connectivity index (χ1) is 14.8. The average Bonchev–Trinajstić information content (AvgIpc) is 3.24. The molecule has 3 atom stereocenters. The lowest BCUT2D eigenvalue weighted by atomic mass is 9.92. The highest BCUT2D eigenvalue weighted by molar-refractivity contribution is 7.92. The van der Waals surface area contributed by atoms with E-state index in [1.807, 2.05) is 30.3 Å². The van der Waals surface area contributed by atoms with E-state index in [1.54, 1.807) is 6.20 Å². The number of carbonyl (C=O) groups excluding carboxylic acids is 1. The highest BCUT2D eigenvalue weighted by Crippen LogP contribution is 2.31. The lowest BCUT2D eigenvalue weighted by Crippen LogP contribution is -2.70. The van der Waals surface area contributed by atoms with Gasteiger partial charge in [-0.15, -0.1) is 5.10 Å². The molecule has 1 aromatic heterocycles. The Bertz CT molecular complexity index is 1180. The van der Waals surface area contributed by atoms with Crippen LogP contribution in [0, 0.1) is 0 Å². The Morgan fingerprint density at radius 2 is 1.71 bits per heavy atom. The van der Waals surface area contributed by atoms with Gasteiger partial charge in [0.1, 0.15) is 12.1 Å². The van der Waals surface area contributed by atoms with E-state index in [0.717, 1.165) is 10.6 Å². The number of nitrogens with zero attached hydrogens (tertiary/aromatic N) is 3. The Morgan fingerprint density at radius 1 is 1.03 bits per heavy atom. The first kappa shape index (κ1) is 21.0. The van der Waals surface area contributed by atoms with E-state index in [-0.39, 0.29) is 10.7 Å². The van der Waals surface area contributed by atoms with Gasteiger partial charge in [-0.1, -0.05) is 18.2 Å². The zero-order valence-electron chi connectivity index (χ0n) is 16.1. The summed E-state index contributed by atoms with van der Waals surface area (Å²) in [5, 5.41) is 32.9. The number of nitrogens with one attached hydrogen (secondary N) is 1. The van der Waals surface area contributed by atoms with Gasteiger partial charge in [-0.2, -0.15) is 0 Å². The van der Waals surface area contributed by atoms with Crippen LogP contribution in [0.3, 0.4) is 0 Å². The Hall–Kier alpha value is -3.25. The number of sulfonamides is 1. The van der Waals surface area contributed by atoms with Gasteiger partial charge in [0.15, 0.2) is 11.9 Å². The van der Waals surface area contributed by atoms with Crippen molar-refractivity contribution in [2.75, 3.05) is 16.2 Å². The van der Waals surface area contributed by atoms with Crippen LogP contribution in [0.2, 0.25) is 0 Å². The van der Waals surface area contributed by atoms with E-state index in [9.17, 15) is 23.4 Å². The highest BCUT2D eigenvalue weighted by Gasteiger charge is 2.50. The van der Waals surface area contributed by atoms with E-state index in [2.05, 4.69) is 9.82 Å². The number of aliphatic hydroxyl groups is 3. The summed E-state index contributed by atoms with van der Waals surface area (Å²) in [6, 6.07) is 15.1. The molecule has 3 aromatic rings. The maximum atomic E-state index is 12.7. The Balaban J connectivity index is 1.51. The van der Waals surface area contributed by atoms with Crippen molar-refractivity contribution in [3.8, 4) is 5.69 Å². The Morgan fingerprint density at radius 3 is 2.35 bits per heavy atom. The number of benzene rings is 2. The number of carbonyl (C=O) groups is 1. The van der Waals surface area contributed by atoms with Gasteiger partial charge >= 0.3 is 0 Å². The number of aromatic nitrogens is 2. The topological polar surface area (TPSA) is 145 Å². The van der Waals surface area contributed by atoms with Crippen LogP contribution >= 0.6 is 0 Å². The molecule has 0 spiro atoms. The van der Waals surface area contributed by atoms with Crippen molar-refractivity contribution in [2.24, 2.45) is 0 Å². The smallest absolute Gasteiger partial charge is 0.263 e. The zero-order chi connectivity index (χ0) is 22.2. The molecule has 2 heterocycles. The molecule has 10 nitrogen and oxygen atoms in total. The molecule has 0 saturated carbocycles. The Labute approximate surface area is 178 Å². The second kappa shape index (κ2) is 8.12. The van der Waals surface area contributed by atoms with Crippen LogP contribution in [0.5, 0.6) is 0 Å². The lowest BCUT2D eigenvalue weighted by molar-refractivity contribution is -0.142. The fourth-order valence-electron chi connectivity index (χ4n) is 3.37. The molecule has 11 heteroatoms. The maximum absolute atomic E-state index is 12.7. The molecular weight excluding hydrogens is 424 g/mol. The minimum Gasteiger partial charge on any atom is -0.394 e. The van der Waals surface area contributed by atoms with Crippen molar-refractivity contribution in [3.05, 3.63) is 66.9 Å².